The van der Waals surface area contributed by atoms with Crippen molar-refractivity contribution in [2.75, 3.05) is 17.2 Å². The van der Waals surface area contributed by atoms with Crippen molar-refractivity contribution >= 4 is 34.1 Å². The Balaban J connectivity index is 1.68. The molecule has 0 spiro atoms. The quantitative estimate of drug-likeness (QED) is 0.796. The molecule has 0 unspecified atom stereocenters. The maximum absolute atomic E-state index is 12.0. The van der Waals surface area contributed by atoms with Gasteiger partial charge in [0.05, 0.1) is 5.69 Å². The van der Waals surface area contributed by atoms with Crippen molar-refractivity contribution in [3.8, 4) is 0 Å². The lowest BCUT2D eigenvalue weighted by molar-refractivity contribution is 0.0960. The molecule has 22 heavy (non-hydrogen) atoms. The highest BCUT2D eigenvalue weighted by molar-refractivity contribution is 7.17. The van der Waals surface area contributed by atoms with Gasteiger partial charge in [0, 0.05) is 12.2 Å². The maximum atomic E-state index is 12.0. The van der Waals surface area contributed by atoms with Crippen LogP contribution in [-0.2, 0) is 6.42 Å². The van der Waals surface area contributed by atoms with Gasteiger partial charge >= 0.3 is 6.03 Å². The zero-order chi connectivity index (χ0) is 15.5. The predicted octanol–water partition coefficient (Wildman–Crippen LogP) is 2.77. The van der Waals surface area contributed by atoms with Gasteiger partial charge in [-0.1, -0.05) is 29.0 Å². The van der Waals surface area contributed by atoms with Crippen LogP contribution in [0.25, 0.3) is 0 Å². The molecule has 0 aliphatic carbocycles. The van der Waals surface area contributed by atoms with Crippen molar-refractivity contribution in [1.29, 1.82) is 0 Å². The monoisotopic (exact) mass is 316 g/mol. The number of benzene rings is 1. The molecule has 0 saturated carbocycles. The van der Waals surface area contributed by atoms with Gasteiger partial charge in [-0.15, -0.1) is 0 Å². The fourth-order valence-corrected chi connectivity index (χ4v) is 3.11. The lowest BCUT2D eigenvalue weighted by atomic mass is 10.2. The van der Waals surface area contributed by atoms with E-state index in [1.807, 2.05) is 31.2 Å². The summed E-state index contributed by atoms with van der Waals surface area (Å²) in [7, 11) is 0. The van der Waals surface area contributed by atoms with Crippen LogP contribution in [0.3, 0.4) is 0 Å². The Kier molecular flexibility index (Phi) is 4.06. The minimum absolute atomic E-state index is 0.114. The number of urea groups is 1. The van der Waals surface area contributed by atoms with Crippen LogP contribution in [0.15, 0.2) is 24.3 Å². The van der Waals surface area contributed by atoms with E-state index in [4.69, 9.17) is 0 Å². The summed E-state index contributed by atoms with van der Waals surface area (Å²) in [5.74, 6) is -0.114. The molecule has 0 atom stereocenters. The molecule has 1 aliphatic rings. The third-order valence-electron chi connectivity index (χ3n) is 3.31. The summed E-state index contributed by atoms with van der Waals surface area (Å²) in [6.07, 6.45) is 1.60. The standard InChI is InChI=1S/C15H16N4O2S/c1-9-4-6-10(7-5-9)17-14(21)19-15-18-11-3-2-8-16-13(20)12(11)22-15/h4-7H,2-3,8H2,1H3,(H,16,20)(H2,17,18,19,21). The van der Waals surface area contributed by atoms with Crippen LogP contribution in [0, 0.1) is 6.92 Å². The van der Waals surface area contributed by atoms with E-state index in [1.54, 1.807) is 0 Å². The lowest BCUT2D eigenvalue weighted by Gasteiger charge is -2.05. The van der Waals surface area contributed by atoms with Gasteiger partial charge in [-0.05, 0) is 31.9 Å². The van der Waals surface area contributed by atoms with Crippen LogP contribution in [-0.4, -0.2) is 23.5 Å². The summed E-state index contributed by atoms with van der Waals surface area (Å²) < 4.78 is 0. The van der Waals surface area contributed by atoms with Crippen LogP contribution in [0.5, 0.6) is 0 Å². The van der Waals surface area contributed by atoms with Crippen LogP contribution < -0.4 is 16.0 Å². The number of carbonyl (C=O) groups excluding carboxylic acids is 2. The molecule has 6 nitrogen and oxygen atoms in total. The molecule has 2 heterocycles. The number of anilines is 2. The fraction of sp³-hybridized carbons (Fsp3) is 0.267. The predicted molar refractivity (Wildman–Crippen MR) is 86.6 cm³/mol. The van der Waals surface area contributed by atoms with Crippen molar-refractivity contribution in [2.24, 2.45) is 0 Å². The first kappa shape index (κ1) is 14.5. The van der Waals surface area contributed by atoms with Crippen LogP contribution in [0.1, 0.15) is 27.3 Å². The number of aromatic nitrogens is 1. The SMILES string of the molecule is Cc1ccc(NC(=O)Nc2nc3c(s2)C(=O)NCCC3)cc1. The number of nitrogens with zero attached hydrogens (tertiary/aromatic N) is 1. The molecular formula is C15H16N4O2S. The molecule has 114 valence electrons. The van der Waals surface area contributed by atoms with E-state index in [0.29, 0.717) is 22.2 Å². The van der Waals surface area contributed by atoms with Gasteiger partial charge in [-0.25, -0.2) is 9.78 Å². The molecule has 2 aromatic rings. The first-order valence-electron chi connectivity index (χ1n) is 7.04. The van der Waals surface area contributed by atoms with E-state index in [-0.39, 0.29) is 11.9 Å². The lowest BCUT2D eigenvalue weighted by Crippen LogP contribution is -2.21. The number of nitrogens with one attached hydrogen (secondary N) is 3. The summed E-state index contributed by atoms with van der Waals surface area (Å²) in [6, 6.07) is 7.14. The fourth-order valence-electron chi connectivity index (χ4n) is 2.19. The number of fused-ring (bicyclic) bond motifs is 1. The summed E-state index contributed by atoms with van der Waals surface area (Å²) in [4.78, 5) is 28.8. The summed E-state index contributed by atoms with van der Waals surface area (Å²) in [5.41, 5.74) is 2.59. The molecule has 3 rings (SSSR count). The van der Waals surface area contributed by atoms with Crippen molar-refractivity contribution in [3.05, 3.63) is 40.4 Å². The highest BCUT2D eigenvalue weighted by Gasteiger charge is 2.21. The highest BCUT2D eigenvalue weighted by atomic mass is 32.1. The number of rotatable bonds is 2. The Morgan fingerprint density at radius 2 is 2.05 bits per heavy atom. The Bertz CT molecular complexity index is 709. The Morgan fingerprint density at radius 1 is 1.27 bits per heavy atom. The van der Waals surface area contributed by atoms with E-state index in [0.717, 1.165) is 24.1 Å². The molecule has 0 fully saturated rings. The van der Waals surface area contributed by atoms with Crippen LogP contribution in [0.4, 0.5) is 15.6 Å². The average Bonchev–Trinajstić information content (AvgIpc) is 2.81. The largest absolute Gasteiger partial charge is 0.351 e. The molecule has 3 N–H and O–H groups in total. The Labute approximate surface area is 132 Å². The van der Waals surface area contributed by atoms with Gasteiger partial charge in [-0.3, -0.25) is 10.1 Å². The average molecular weight is 316 g/mol. The third-order valence-corrected chi connectivity index (χ3v) is 4.32. The van der Waals surface area contributed by atoms with Gasteiger partial charge in [0.15, 0.2) is 5.13 Å². The molecule has 0 saturated heterocycles. The maximum Gasteiger partial charge on any atom is 0.325 e. The molecule has 0 radical (unpaired) electrons. The number of amides is 3. The van der Waals surface area contributed by atoms with E-state index in [9.17, 15) is 9.59 Å². The zero-order valence-corrected chi connectivity index (χ0v) is 12.9. The van der Waals surface area contributed by atoms with Crippen molar-refractivity contribution < 1.29 is 9.59 Å². The molecule has 1 aliphatic heterocycles. The molecule has 1 aromatic carbocycles. The molecule has 7 heteroatoms. The van der Waals surface area contributed by atoms with Gasteiger partial charge in [0.1, 0.15) is 4.88 Å². The Morgan fingerprint density at radius 3 is 2.82 bits per heavy atom. The molecular weight excluding hydrogens is 300 g/mol. The van der Waals surface area contributed by atoms with Crippen molar-refractivity contribution in [3.63, 3.8) is 0 Å². The molecule has 3 amide bonds. The van der Waals surface area contributed by atoms with Gasteiger partial charge in [-0.2, -0.15) is 0 Å². The van der Waals surface area contributed by atoms with E-state index < -0.39 is 0 Å². The second-order valence-corrected chi connectivity index (χ2v) is 6.10. The van der Waals surface area contributed by atoms with E-state index >= 15 is 0 Å². The first-order chi connectivity index (χ1) is 10.6. The first-order valence-corrected chi connectivity index (χ1v) is 7.86. The Hall–Kier alpha value is -2.41. The second kappa shape index (κ2) is 6.15. The van der Waals surface area contributed by atoms with Crippen LogP contribution in [0.2, 0.25) is 0 Å². The molecule has 1 aromatic heterocycles. The number of thiazole rings is 1. The number of hydrogen-bond acceptors (Lipinski definition) is 4. The zero-order valence-electron chi connectivity index (χ0n) is 12.1. The van der Waals surface area contributed by atoms with Gasteiger partial charge in [0.25, 0.3) is 5.91 Å². The van der Waals surface area contributed by atoms with Gasteiger partial charge in [0.2, 0.25) is 0 Å². The summed E-state index contributed by atoms with van der Waals surface area (Å²) in [6.45, 7) is 2.65. The second-order valence-electron chi connectivity index (χ2n) is 5.10. The van der Waals surface area contributed by atoms with E-state index in [1.165, 1.54) is 11.3 Å². The van der Waals surface area contributed by atoms with Crippen LogP contribution >= 0.6 is 11.3 Å². The minimum atomic E-state index is -0.367. The summed E-state index contributed by atoms with van der Waals surface area (Å²) in [5, 5.41) is 8.67. The number of carbonyl (C=O) groups is 2. The van der Waals surface area contributed by atoms with Crippen molar-refractivity contribution in [2.45, 2.75) is 19.8 Å². The summed E-state index contributed by atoms with van der Waals surface area (Å²) >= 11 is 1.20. The smallest absolute Gasteiger partial charge is 0.325 e. The van der Waals surface area contributed by atoms with Gasteiger partial charge < -0.3 is 10.6 Å². The number of aryl methyl sites for hydroxylation is 2. The number of hydrogen-bond donors (Lipinski definition) is 3. The third kappa shape index (κ3) is 3.25. The topological polar surface area (TPSA) is 83.1 Å². The van der Waals surface area contributed by atoms with E-state index in [2.05, 4.69) is 20.9 Å². The van der Waals surface area contributed by atoms with Crippen molar-refractivity contribution in [1.82, 2.24) is 10.3 Å². The normalized spacial score (nSPS) is 13.8. The minimum Gasteiger partial charge on any atom is -0.351 e. The highest BCUT2D eigenvalue weighted by Crippen LogP contribution is 2.25. The molecule has 0 bridgehead atoms.